The summed E-state index contributed by atoms with van der Waals surface area (Å²) in [7, 11) is 0. The summed E-state index contributed by atoms with van der Waals surface area (Å²) in [5.74, 6) is 1.24. The predicted octanol–water partition coefficient (Wildman–Crippen LogP) is 10.1. The number of aromatic nitrogens is 4. The molecule has 4 nitrogen and oxygen atoms in total. The molecule has 0 aliphatic carbocycles. The highest BCUT2D eigenvalue weighted by atomic mass is 15.2. The molecule has 0 spiro atoms. The zero-order valence-corrected chi connectivity index (χ0v) is 29.5. The second kappa shape index (κ2) is 9.10. The predicted molar refractivity (Wildman–Crippen MR) is 231 cm³/mol. The van der Waals surface area contributed by atoms with Crippen molar-refractivity contribution in [3.8, 4) is 17.2 Å². The second-order valence-electron chi connectivity index (χ2n) is 15.6. The van der Waals surface area contributed by atoms with Crippen LogP contribution in [-0.2, 0) is 0 Å². The third kappa shape index (κ3) is 2.93. The first-order valence-electron chi connectivity index (χ1n) is 19.2. The van der Waals surface area contributed by atoms with E-state index in [0.717, 1.165) is 0 Å². The maximum atomic E-state index is 2.61. The molecule has 5 heteroatoms. The van der Waals surface area contributed by atoms with Crippen LogP contribution < -0.4 is 16.4 Å². The molecule has 15 rings (SSSR count). The van der Waals surface area contributed by atoms with Crippen molar-refractivity contribution in [2.75, 3.05) is 0 Å². The van der Waals surface area contributed by atoms with Crippen molar-refractivity contribution in [1.29, 1.82) is 0 Å². The van der Waals surface area contributed by atoms with Crippen molar-refractivity contribution in [3.63, 3.8) is 0 Å². The molecule has 250 valence electrons. The molecule has 2 aliphatic heterocycles. The molecular formula is C50H27BN4. The standard InChI is InChI=1S/C50H27BN4/c1-2-13-28(14-3-1)52-42-24-11-7-18-34(42)45-50(52)55-41-23-10-6-17-31(41)37-25-36-30-16-5-9-22-40(30)54-44-26-35-33-20-12-19-32-29-15-4-8-21-39(29)53(47(32)33)43(35)27-38(44)51(45)46(48(36)54)49(37)55/h1-27H. The molecule has 0 saturated heterocycles. The van der Waals surface area contributed by atoms with Gasteiger partial charge in [0.25, 0.3) is 6.71 Å². The summed E-state index contributed by atoms with van der Waals surface area (Å²) in [6.07, 6.45) is 0. The zero-order chi connectivity index (χ0) is 35.3. The summed E-state index contributed by atoms with van der Waals surface area (Å²) < 4.78 is 10.3. The van der Waals surface area contributed by atoms with Gasteiger partial charge in [0, 0.05) is 54.5 Å². The highest BCUT2D eigenvalue weighted by Crippen LogP contribution is 2.45. The highest BCUT2D eigenvalue weighted by Gasteiger charge is 2.44. The van der Waals surface area contributed by atoms with Gasteiger partial charge >= 0.3 is 0 Å². The third-order valence-electron chi connectivity index (χ3n) is 13.2. The Balaban J connectivity index is 1.24. The van der Waals surface area contributed by atoms with E-state index < -0.39 is 0 Å². The van der Waals surface area contributed by atoms with Gasteiger partial charge in [-0.15, -0.1) is 0 Å². The number of hydrogen-bond acceptors (Lipinski definition) is 0. The Morgan fingerprint density at radius 2 is 0.873 bits per heavy atom. The van der Waals surface area contributed by atoms with Crippen molar-refractivity contribution in [2.45, 2.75) is 0 Å². The minimum Gasteiger partial charge on any atom is -0.310 e. The summed E-state index contributed by atoms with van der Waals surface area (Å²) in [6.45, 7) is 0.00557. The topological polar surface area (TPSA) is 19.2 Å². The number of fused-ring (bicyclic) bond motifs is 20. The molecule has 0 unspecified atom stereocenters. The van der Waals surface area contributed by atoms with E-state index in [1.54, 1.807) is 0 Å². The number of hydrogen-bond donors (Lipinski definition) is 0. The van der Waals surface area contributed by atoms with Gasteiger partial charge in [0.15, 0.2) is 0 Å². The van der Waals surface area contributed by atoms with E-state index in [4.69, 9.17) is 0 Å². The van der Waals surface area contributed by atoms with Crippen LogP contribution in [0, 0.1) is 0 Å². The van der Waals surface area contributed by atoms with Crippen LogP contribution in [0.2, 0.25) is 0 Å². The van der Waals surface area contributed by atoms with E-state index in [9.17, 15) is 0 Å². The number of nitrogens with zero attached hydrogens (tertiary/aromatic N) is 4. The molecule has 0 fully saturated rings. The molecule has 0 saturated carbocycles. The molecular weight excluding hydrogens is 667 g/mol. The van der Waals surface area contributed by atoms with Gasteiger partial charge in [0.2, 0.25) is 0 Å². The lowest BCUT2D eigenvalue weighted by Crippen LogP contribution is -2.59. The molecule has 2 aliphatic rings. The summed E-state index contributed by atoms with van der Waals surface area (Å²) in [6, 6.07) is 61.5. The van der Waals surface area contributed by atoms with E-state index >= 15 is 0 Å². The maximum Gasteiger partial charge on any atom is 0.255 e. The van der Waals surface area contributed by atoms with Crippen molar-refractivity contribution >= 4 is 116 Å². The van der Waals surface area contributed by atoms with Gasteiger partial charge in [-0.3, -0.25) is 9.13 Å². The van der Waals surface area contributed by atoms with Crippen LogP contribution in [0.15, 0.2) is 164 Å². The van der Waals surface area contributed by atoms with Gasteiger partial charge in [-0.2, -0.15) is 0 Å². The van der Waals surface area contributed by atoms with E-state index in [2.05, 4.69) is 182 Å². The minimum absolute atomic E-state index is 0.00557. The molecule has 7 heterocycles. The molecule has 55 heavy (non-hydrogen) atoms. The van der Waals surface area contributed by atoms with Gasteiger partial charge < -0.3 is 8.97 Å². The first-order chi connectivity index (χ1) is 27.3. The van der Waals surface area contributed by atoms with Crippen molar-refractivity contribution in [2.24, 2.45) is 0 Å². The summed E-state index contributed by atoms with van der Waals surface area (Å²) in [4.78, 5) is 0. The average molecular weight is 695 g/mol. The van der Waals surface area contributed by atoms with Crippen LogP contribution in [0.25, 0.3) is 110 Å². The Hall–Kier alpha value is -7.24. The molecule has 13 aromatic rings. The highest BCUT2D eigenvalue weighted by molar-refractivity contribution is 7.02. The fourth-order valence-corrected chi connectivity index (χ4v) is 11.3. The van der Waals surface area contributed by atoms with Crippen LogP contribution in [0.5, 0.6) is 0 Å². The van der Waals surface area contributed by atoms with Crippen LogP contribution in [0.1, 0.15) is 0 Å². The first-order valence-corrected chi connectivity index (χ1v) is 19.2. The maximum absolute atomic E-state index is 2.61. The summed E-state index contributed by atoms with van der Waals surface area (Å²) >= 11 is 0. The van der Waals surface area contributed by atoms with E-state index in [0.29, 0.717) is 0 Å². The Labute approximate surface area is 313 Å². The largest absolute Gasteiger partial charge is 0.310 e. The van der Waals surface area contributed by atoms with Crippen LogP contribution in [0.3, 0.4) is 0 Å². The minimum atomic E-state index is 0.00557. The van der Waals surface area contributed by atoms with E-state index in [-0.39, 0.29) is 6.71 Å². The molecule has 5 aromatic heterocycles. The lowest BCUT2D eigenvalue weighted by molar-refractivity contribution is 1.01. The van der Waals surface area contributed by atoms with Gasteiger partial charge in [0.1, 0.15) is 5.82 Å². The second-order valence-corrected chi connectivity index (χ2v) is 15.6. The Bertz CT molecular complexity index is 3890. The average Bonchev–Trinajstić information content (AvgIpc) is 4.03. The third-order valence-corrected chi connectivity index (χ3v) is 13.2. The molecule has 8 aromatic carbocycles. The lowest BCUT2D eigenvalue weighted by atomic mass is 9.34. The monoisotopic (exact) mass is 694 g/mol. The van der Waals surface area contributed by atoms with Crippen LogP contribution in [0.4, 0.5) is 0 Å². The molecule has 0 radical (unpaired) electrons. The quantitative estimate of drug-likeness (QED) is 0.153. The van der Waals surface area contributed by atoms with Crippen LogP contribution >= 0.6 is 0 Å². The van der Waals surface area contributed by atoms with E-state index in [1.807, 2.05) is 0 Å². The smallest absolute Gasteiger partial charge is 0.255 e. The van der Waals surface area contributed by atoms with Crippen molar-refractivity contribution in [3.05, 3.63) is 164 Å². The van der Waals surface area contributed by atoms with Gasteiger partial charge in [0.05, 0.1) is 44.1 Å². The van der Waals surface area contributed by atoms with Crippen molar-refractivity contribution in [1.82, 2.24) is 18.1 Å². The van der Waals surface area contributed by atoms with Gasteiger partial charge in [-0.1, -0.05) is 109 Å². The number of rotatable bonds is 1. The summed E-state index contributed by atoms with van der Waals surface area (Å²) in [5, 5.41) is 11.8. The SMILES string of the molecule is c1ccc(-n2c3c(c4ccccc42)B2c4cc5c(cc4-n4c6ccccc6c6cc7c8ccccc8n-3c7c2c64)c2cccc3c4ccccc4n5c32)cc1. The molecule has 0 atom stereocenters. The van der Waals surface area contributed by atoms with Gasteiger partial charge in [-0.25, -0.2) is 0 Å². The summed E-state index contributed by atoms with van der Waals surface area (Å²) in [5.41, 5.74) is 16.8. The number of para-hydroxylation sites is 6. The fraction of sp³-hybridized carbons (Fsp3) is 0. The first kappa shape index (κ1) is 27.4. The molecule has 0 N–H and O–H groups in total. The Kier molecular flexibility index (Phi) is 4.53. The Morgan fingerprint density at radius 1 is 0.327 bits per heavy atom. The Morgan fingerprint density at radius 3 is 1.60 bits per heavy atom. The normalized spacial score (nSPS) is 13.4. The zero-order valence-electron chi connectivity index (χ0n) is 29.5. The fourth-order valence-electron chi connectivity index (χ4n) is 11.3. The molecule has 0 bridgehead atoms. The van der Waals surface area contributed by atoms with E-state index in [1.165, 1.54) is 126 Å². The van der Waals surface area contributed by atoms with Crippen LogP contribution in [-0.4, -0.2) is 24.8 Å². The molecule has 0 amide bonds. The lowest BCUT2D eigenvalue weighted by Gasteiger charge is -2.32. The van der Waals surface area contributed by atoms with Crippen molar-refractivity contribution < 1.29 is 0 Å². The number of benzene rings is 8. The van der Waals surface area contributed by atoms with Gasteiger partial charge in [-0.05, 0) is 76.4 Å².